The molecule has 485 valence electrons. The topological polar surface area (TPSA) is 242 Å². The number of piperazine rings is 1. The van der Waals surface area contributed by atoms with Crippen LogP contribution in [0.5, 0.6) is 11.5 Å². The van der Waals surface area contributed by atoms with Crippen LogP contribution in [0.2, 0.25) is 5.02 Å². The fourth-order valence-corrected chi connectivity index (χ4v) is 12.3. The zero-order valence-corrected chi connectivity index (χ0v) is 55.8. The number of carbonyl (C=O) groups is 6. The summed E-state index contributed by atoms with van der Waals surface area (Å²) in [5.41, 5.74) is 1.93. The van der Waals surface area contributed by atoms with Gasteiger partial charge in [-0.05, 0) is 126 Å². The van der Waals surface area contributed by atoms with E-state index in [-0.39, 0.29) is 89.9 Å². The number of nitrogens with zero attached hydrogens (tertiary/aromatic N) is 6. The normalized spacial score (nSPS) is 17.7. The first-order valence-electron chi connectivity index (χ1n) is 31.4. The van der Waals surface area contributed by atoms with Gasteiger partial charge in [0.25, 0.3) is 5.91 Å². The van der Waals surface area contributed by atoms with Crippen LogP contribution in [-0.4, -0.2) is 175 Å². The first kappa shape index (κ1) is 70.4. The number of benzene rings is 3. The molecule has 3 aliphatic heterocycles. The van der Waals surface area contributed by atoms with Gasteiger partial charge < -0.3 is 71.6 Å². The van der Waals surface area contributed by atoms with Crippen LogP contribution in [0.3, 0.4) is 0 Å². The number of ether oxygens (including phenoxy) is 4. The molecule has 6 amide bonds. The Hall–Kier alpha value is -7.01. The first-order valence-corrected chi connectivity index (χ1v) is 31.8. The molecule has 1 saturated carbocycles. The van der Waals surface area contributed by atoms with Crippen LogP contribution in [0.1, 0.15) is 137 Å². The predicted molar refractivity (Wildman–Crippen MR) is 343 cm³/mol. The number of aromatic amines is 1. The minimum Gasteiger partial charge on any atom is -0.551 e. The van der Waals surface area contributed by atoms with Crippen molar-refractivity contribution in [2.24, 2.45) is 5.92 Å². The van der Waals surface area contributed by atoms with Gasteiger partial charge in [-0.15, -0.1) is 0 Å². The molecule has 0 spiro atoms. The van der Waals surface area contributed by atoms with E-state index in [0.717, 1.165) is 90.0 Å². The maximum absolute atomic E-state index is 14.7. The van der Waals surface area contributed by atoms with Crippen LogP contribution >= 0.6 is 11.6 Å². The third kappa shape index (κ3) is 20.0. The molecule has 1 unspecified atom stereocenters. The number of alkyl carbamates (subject to hydrolysis) is 1. The monoisotopic (exact) mass is 1340 g/mol. The van der Waals surface area contributed by atoms with Crippen LogP contribution in [-0.2, 0) is 51.0 Å². The molecule has 5 N–H and O–H groups in total. The number of piperidine rings is 2. The molecular weight excluding hydrogens is 1250 g/mol. The van der Waals surface area contributed by atoms with Gasteiger partial charge in [0.15, 0.2) is 0 Å². The third-order valence-corrected chi connectivity index (χ3v) is 17.4. The Kier molecular flexibility index (Phi) is 26.5. The van der Waals surface area contributed by atoms with Crippen LogP contribution in [0.4, 0.5) is 10.6 Å². The van der Waals surface area contributed by atoms with E-state index in [1.54, 1.807) is 51.0 Å². The summed E-state index contributed by atoms with van der Waals surface area (Å²) in [7, 11) is 1.63. The number of halogens is 1. The molecule has 5 aromatic rings. The van der Waals surface area contributed by atoms with E-state index < -0.39 is 29.3 Å². The Morgan fingerprint density at radius 1 is 0.844 bits per heavy atom. The Morgan fingerprint density at radius 2 is 1.59 bits per heavy atom. The van der Waals surface area contributed by atoms with Gasteiger partial charge >= 0.3 is 28.5 Å². The van der Waals surface area contributed by atoms with Gasteiger partial charge in [-0.1, -0.05) is 61.2 Å². The number of H-pyrrole nitrogens is 1. The van der Waals surface area contributed by atoms with E-state index in [0.29, 0.717) is 95.4 Å². The molecule has 9 rings (SSSR count). The largest absolute Gasteiger partial charge is 2.00 e. The van der Waals surface area contributed by atoms with E-state index in [9.17, 15) is 28.8 Å². The summed E-state index contributed by atoms with van der Waals surface area (Å²) in [4.78, 5) is 101. The third-order valence-electron chi connectivity index (χ3n) is 17.1. The number of likely N-dealkylation sites (tertiary alicyclic amines) is 1. The second kappa shape index (κ2) is 33.9. The second-order valence-corrected chi connectivity index (χ2v) is 24.9. The average molecular weight is 1340 g/mol. The molecule has 3 saturated heterocycles. The van der Waals surface area contributed by atoms with Crippen molar-refractivity contribution in [2.45, 2.75) is 127 Å². The standard InChI is InChI=1S/C57H77ClN11O8.C10H13O2.Nb/c1-39(70)69-26-9-14-44(37-69)42-12-8-13-43(36-42)52(72)64-49(41-10-6-5-7-11-41)53(73)60-25-35-76-34-21-48(71)67-32-30-66(31-33-67)27-20-47(40-15-17-45(58)18-16-40)63-54(74)57(65-55(75)77-56(2,3)4)22-28-68(29-23-57)51-46-19-24-59-50(46)61-38-62-51;1-4-12-10-7-9(11-3)6-5-8(10)2;/h8,12-13,15-19,24,36,38,41,44,47,49H,1,5-7,9-11,14,20-23,25-35,37H2,2-4H3,(H,60,73)(H,63,74)(H,64,72)(H,65,75)(H,59,61,62);5-7H,2,4H2,1,3H3;/q2*-1;+2/t44?,47-,49+;;/m0../s1. The van der Waals surface area contributed by atoms with E-state index in [1.165, 1.54) is 6.33 Å². The molecule has 1 radical (unpaired) electrons. The van der Waals surface area contributed by atoms with E-state index in [2.05, 4.69) is 59.9 Å². The van der Waals surface area contributed by atoms with Crippen molar-refractivity contribution in [1.82, 2.24) is 50.9 Å². The Morgan fingerprint density at radius 3 is 2.29 bits per heavy atom. The van der Waals surface area contributed by atoms with E-state index >= 15 is 0 Å². The quantitative estimate of drug-likeness (QED) is 0.0248. The number of aromatic nitrogens is 3. The second-order valence-electron chi connectivity index (χ2n) is 24.4. The predicted octanol–water partition coefficient (Wildman–Crippen LogP) is 8.58. The minimum absolute atomic E-state index is 0. The summed E-state index contributed by atoms with van der Waals surface area (Å²) in [6, 6.07) is 21.3. The zero-order valence-electron chi connectivity index (χ0n) is 52.9. The number of fused-ring (bicyclic) bond motifs is 1. The van der Waals surface area contributed by atoms with Gasteiger partial charge in [0.1, 0.15) is 35.0 Å². The fraction of sp³-hybridized carbons (Fsp3) is 0.522. The van der Waals surface area contributed by atoms with Gasteiger partial charge in [-0.25, -0.2) is 14.8 Å². The molecule has 4 fully saturated rings. The number of hydrogen-bond acceptors (Lipinski definition) is 14. The van der Waals surface area contributed by atoms with Gasteiger partial charge in [0.2, 0.25) is 17.7 Å². The van der Waals surface area contributed by atoms with Crippen molar-refractivity contribution in [1.29, 1.82) is 0 Å². The van der Waals surface area contributed by atoms with Gasteiger partial charge in [0.05, 0.1) is 56.4 Å². The Balaban J connectivity index is 0.000000794. The van der Waals surface area contributed by atoms with Gasteiger partial charge in [0, 0.05) is 93.9 Å². The minimum atomic E-state index is -1.26. The van der Waals surface area contributed by atoms with Crippen molar-refractivity contribution >= 4 is 64.1 Å². The summed E-state index contributed by atoms with van der Waals surface area (Å²) in [6.07, 6.45) is 10.7. The first-order chi connectivity index (χ1) is 42.8. The molecule has 1 aliphatic carbocycles. The van der Waals surface area contributed by atoms with Crippen molar-refractivity contribution in [3.8, 4) is 11.5 Å². The zero-order chi connectivity index (χ0) is 63.5. The number of carbonyl (C=O) groups excluding carboxylic acids is 6. The molecule has 0 bridgehead atoms. The summed E-state index contributed by atoms with van der Waals surface area (Å²) < 4.78 is 21.9. The van der Waals surface area contributed by atoms with Gasteiger partial charge in [-0.3, -0.25) is 24.1 Å². The summed E-state index contributed by atoms with van der Waals surface area (Å²) in [5, 5.41) is 13.8. The van der Waals surface area contributed by atoms with E-state index in [4.69, 9.17) is 30.5 Å². The molecule has 3 atom stereocenters. The molecule has 21 nitrogen and oxygen atoms in total. The molecular formula is C67H90ClN11NbO10. The van der Waals surface area contributed by atoms with E-state index in [1.807, 2.05) is 72.6 Å². The smallest absolute Gasteiger partial charge is 0.551 e. The number of nitrogens with one attached hydrogen (secondary N) is 5. The van der Waals surface area contributed by atoms with Crippen molar-refractivity contribution in [3.63, 3.8) is 0 Å². The van der Waals surface area contributed by atoms with Crippen molar-refractivity contribution in [3.05, 3.63) is 126 Å². The fourth-order valence-electron chi connectivity index (χ4n) is 12.2. The molecule has 5 heterocycles. The molecule has 90 heavy (non-hydrogen) atoms. The summed E-state index contributed by atoms with van der Waals surface area (Å²) in [5.74, 6) is 1.43. The van der Waals surface area contributed by atoms with Crippen molar-refractivity contribution < 1.29 is 70.1 Å². The van der Waals surface area contributed by atoms with Crippen LogP contribution in [0, 0.1) is 19.8 Å². The number of methoxy groups -OCH3 is 1. The Labute approximate surface area is 550 Å². The molecule has 2 aromatic heterocycles. The summed E-state index contributed by atoms with van der Waals surface area (Å²) in [6.45, 7) is 21.2. The SMILES string of the molecule is [CH2-]C(=O)N1CCCC(c2cccc(C(=O)N[C@@H](C(=O)NCCOCCC(=O)N3CCN(CC[C@H](NC(=O)C4(NC(=O)OC(C)(C)C)CCN(c5ncnc6[nH]ccc56)CC4)c4ccc(Cl)cc4)CC3)C3CCCCC3)c2)C1.[CH2-]c1ccc(OC)cc1OCC.[Nb+2]. The molecule has 4 aliphatic rings. The number of anilines is 1. The van der Waals surface area contributed by atoms with Crippen LogP contribution < -0.4 is 35.6 Å². The number of rotatable bonds is 22. The molecule has 3 aromatic carbocycles. The average Bonchev–Trinajstić information content (AvgIpc) is 1.50. The number of amides is 6. The number of hydrogen-bond donors (Lipinski definition) is 5. The van der Waals surface area contributed by atoms with Crippen LogP contribution in [0.25, 0.3) is 11.0 Å². The van der Waals surface area contributed by atoms with Crippen molar-refractivity contribution in [2.75, 3.05) is 97.3 Å². The maximum atomic E-state index is 14.7. The van der Waals surface area contributed by atoms with Gasteiger partial charge in [-0.2, -0.15) is 18.6 Å². The summed E-state index contributed by atoms with van der Waals surface area (Å²) >= 11 is 6.32. The maximum Gasteiger partial charge on any atom is 2.00 e. The van der Waals surface area contributed by atoms with Crippen LogP contribution in [0.15, 0.2) is 85.3 Å². The molecule has 23 heteroatoms. The Bertz CT molecular complexity index is 3160.